The average Bonchev–Trinajstić information content (AvgIpc) is 3.15. The van der Waals surface area contributed by atoms with E-state index in [9.17, 15) is 0 Å². The van der Waals surface area contributed by atoms with Crippen molar-refractivity contribution in [3.63, 3.8) is 0 Å². The van der Waals surface area contributed by atoms with Crippen LogP contribution in [0.5, 0.6) is 0 Å². The van der Waals surface area contributed by atoms with E-state index in [0.717, 1.165) is 36.6 Å². The van der Waals surface area contributed by atoms with Crippen LogP contribution in [0.3, 0.4) is 0 Å². The Morgan fingerprint density at radius 1 is 1.20 bits per heavy atom. The fourth-order valence-corrected chi connectivity index (χ4v) is 2.91. The molecule has 0 radical (unpaired) electrons. The molecule has 2 heterocycles. The van der Waals surface area contributed by atoms with E-state index in [0.29, 0.717) is 12.5 Å². The summed E-state index contributed by atoms with van der Waals surface area (Å²) in [6.07, 6.45) is 5.35. The molecular weight excluding hydrogens is 425 g/mol. The van der Waals surface area contributed by atoms with Crippen LogP contribution < -0.4 is 16.0 Å². The van der Waals surface area contributed by atoms with E-state index in [1.165, 1.54) is 18.4 Å². The van der Waals surface area contributed by atoms with Crippen molar-refractivity contribution in [2.24, 2.45) is 10.7 Å². The lowest BCUT2D eigenvalue weighted by molar-refractivity contribution is 0.928. The minimum atomic E-state index is 0. The lowest BCUT2D eigenvalue weighted by Gasteiger charge is -2.16. The van der Waals surface area contributed by atoms with Gasteiger partial charge in [0.05, 0.1) is 6.54 Å². The Bertz CT molecular complexity index is 710. The van der Waals surface area contributed by atoms with Gasteiger partial charge in [-0.2, -0.15) is 0 Å². The molecule has 5 nitrogen and oxygen atoms in total. The number of aliphatic imine (C=N–C) groups is 1. The third-order valence-electron chi connectivity index (χ3n) is 4.28. The van der Waals surface area contributed by atoms with Crippen LogP contribution in [0, 0.1) is 0 Å². The summed E-state index contributed by atoms with van der Waals surface area (Å²) in [6, 6.07) is 12.3. The highest BCUT2D eigenvalue weighted by molar-refractivity contribution is 14.0. The molecule has 2 aromatic rings. The van der Waals surface area contributed by atoms with Crippen molar-refractivity contribution in [1.82, 2.24) is 4.98 Å². The van der Waals surface area contributed by atoms with Gasteiger partial charge in [0.15, 0.2) is 5.96 Å². The minimum absolute atomic E-state index is 0. The number of pyridine rings is 1. The molecule has 6 heteroatoms. The second-order valence-electron chi connectivity index (χ2n) is 6.10. The number of hydrogen-bond acceptors (Lipinski definition) is 3. The first-order chi connectivity index (χ1) is 11.7. The maximum Gasteiger partial charge on any atom is 0.193 e. The van der Waals surface area contributed by atoms with Gasteiger partial charge in [0, 0.05) is 25.0 Å². The Balaban J connectivity index is 0.00000225. The third kappa shape index (κ3) is 5.59. The zero-order chi connectivity index (χ0) is 16.8. The van der Waals surface area contributed by atoms with Gasteiger partial charge in [-0.1, -0.05) is 19.1 Å². The van der Waals surface area contributed by atoms with Gasteiger partial charge in [0.2, 0.25) is 0 Å². The van der Waals surface area contributed by atoms with Crippen LogP contribution >= 0.6 is 24.0 Å². The van der Waals surface area contributed by atoms with E-state index in [-0.39, 0.29) is 24.0 Å². The summed E-state index contributed by atoms with van der Waals surface area (Å²) in [5.74, 6) is 1.48. The molecule has 25 heavy (non-hydrogen) atoms. The quantitative estimate of drug-likeness (QED) is 0.413. The van der Waals surface area contributed by atoms with Crippen molar-refractivity contribution in [3.8, 4) is 0 Å². The Labute approximate surface area is 166 Å². The zero-order valence-corrected chi connectivity index (χ0v) is 16.9. The Kier molecular flexibility index (Phi) is 7.49. The first kappa shape index (κ1) is 19.5. The number of aromatic nitrogens is 1. The van der Waals surface area contributed by atoms with Gasteiger partial charge in [-0.15, -0.1) is 24.0 Å². The van der Waals surface area contributed by atoms with Crippen molar-refractivity contribution in [2.45, 2.75) is 32.7 Å². The smallest absolute Gasteiger partial charge is 0.193 e. The lowest BCUT2D eigenvalue weighted by atomic mass is 10.1. The van der Waals surface area contributed by atoms with E-state index >= 15 is 0 Å². The number of nitrogens with zero attached hydrogens (tertiary/aromatic N) is 3. The number of hydrogen-bond donors (Lipinski definition) is 2. The molecule has 1 aromatic heterocycles. The number of benzene rings is 1. The Morgan fingerprint density at radius 3 is 2.76 bits per heavy atom. The summed E-state index contributed by atoms with van der Waals surface area (Å²) in [5.41, 5.74) is 9.39. The number of nitrogens with two attached hydrogens (primary N) is 1. The Morgan fingerprint density at radius 2 is 2.00 bits per heavy atom. The molecule has 0 saturated carbocycles. The molecular formula is C19H26IN5. The van der Waals surface area contributed by atoms with E-state index in [1.807, 2.05) is 24.4 Å². The SMILES string of the molecule is CCc1cccc(NC(N)=NCc2ccnc(N3CCCC3)c2)c1.I. The number of guanidine groups is 1. The second-order valence-corrected chi connectivity index (χ2v) is 6.10. The van der Waals surface area contributed by atoms with E-state index in [4.69, 9.17) is 5.73 Å². The molecule has 3 rings (SSSR count). The fourth-order valence-electron chi connectivity index (χ4n) is 2.91. The normalized spacial score (nSPS) is 14.3. The van der Waals surface area contributed by atoms with Crippen LogP contribution in [0.1, 0.15) is 30.9 Å². The van der Waals surface area contributed by atoms with E-state index < -0.39 is 0 Å². The van der Waals surface area contributed by atoms with Crippen molar-refractivity contribution in [1.29, 1.82) is 0 Å². The number of aryl methyl sites for hydroxylation is 1. The Hall–Kier alpha value is -1.83. The second kappa shape index (κ2) is 9.60. The standard InChI is InChI=1S/C19H25N5.HI/c1-2-15-6-5-7-17(12-15)23-19(20)22-14-16-8-9-21-18(13-16)24-10-3-4-11-24;/h5-9,12-13H,2-4,10-11,14H2,1H3,(H3,20,22,23);1H. The van der Waals surface area contributed by atoms with Crippen molar-refractivity contribution in [3.05, 3.63) is 53.7 Å². The predicted molar refractivity (Wildman–Crippen MR) is 116 cm³/mol. The number of anilines is 2. The van der Waals surface area contributed by atoms with Crippen molar-refractivity contribution < 1.29 is 0 Å². The molecule has 0 spiro atoms. The van der Waals surface area contributed by atoms with Crippen LogP contribution in [-0.4, -0.2) is 24.0 Å². The van der Waals surface area contributed by atoms with E-state index in [2.05, 4.69) is 45.3 Å². The van der Waals surface area contributed by atoms with Gasteiger partial charge in [-0.25, -0.2) is 9.98 Å². The largest absolute Gasteiger partial charge is 0.370 e. The number of halogens is 1. The van der Waals surface area contributed by atoms with Crippen LogP contribution in [0.2, 0.25) is 0 Å². The maximum absolute atomic E-state index is 6.02. The summed E-state index contributed by atoms with van der Waals surface area (Å²) in [7, 11) is 0. The van der Waals surface area contributed by atoms with Crippen LogP contribution in [0.15, 0.2) is 47.6 Å². The van der Waals surface area contributed by atoms with Crippen LogP contribution in [-0.2, 0) is 13.0 Å². The molecule has 0 aliphatic carbocycles. The summed E-state index contributed by atoms with van der Waals surface area (Å²) in [5, 5.41) is 3.16. The van der Waals surface area contributed by atoms with Crippen LogP contribution in [0.25, 0.3) is 0 Å². The van der Waals surface area contributed by atoms with Gasteiger partial charge < -0.3 is 16.0 Å². The van der Waals surface area contributed by atoms with Gasteiger partial charge in [-0.3, -0.25) is 0 Å². The molecule has 1 fully saturated rings. The van der Waals surface area contributed by atoms with Gasteiger partial charge in [-0.05, 0) is 54.7 Å². The molecule has 0 amide bonds. The highest BCUT2D eigenvalue weighted by Gasteiger charge is 2.13. The number of rotatable bonds is 5. The molecule has 134 valence electrons. The first-order valence-electron chi connectivity index (χ1n) is 8.60. The monoisotopic (exact) mass is 451 g/mol. The first-order valence-corrected chi connectivity index (χ1v) is 8.60. The van der Waals surface area contributed by atoms with Crippen LogP contribution in [0.4, 0.5) is 11.5 Å². The lowest BCUT2D eigenvalue weighted by Crippen LogP contribution is -2.22. The maximum atomic E-state index is 6.02. The summed E-state index contributed by atoms with van der Waals surface area (Å²) in [6.45, 7) is 4.88. The molecule has 0 bridgehead atoms. The van der Waals surface area contributed by atoms with Crippen molar-refractivity contribution in [2.75, 3.05) is 23.3 Å². The number of nitrogens with one attached hydrogen (secondary N) is 1. The third-order valence-corrected chi connectivity index (χ3v) is 4.28. The summed E-state index contributed by atoms with van der Waals surface area (Å²) >= 11 is 0. The molecule has 1 saturated heterocycles. The van der Waals surface area contributed by atoms with Gasteiger partial charge >= 0.3 is 0 Å². The summed E-state index contributed by atoms with van der Waals surface area (Å²) in [4.78, 5) is 11.2. The topological polar surface area (TPSA) is 66.5 Å². The molecule has 1 aliphatic rings. The highest BCUT2D eigenvalue weighted by Crippen LogP contribution is 2.19. The molecule has 0 unspecified atom stereocenters. The van der Waals surface area contributed by atoms with Gasteiger partial charge in [0.1, 0.15) is 5.82 Å². The van der Waals surface area contributed by atoms with Gasteiger partial charge in [0.25, 0.3) is 0 Å². The summed E-state index contributed by atoms with van der Waals surface area (Å²) < 4.78 is 0. The highest BCUT2D eigenvalue weighted by atomic mass is 127. The zero-order valence-electron chi connectivity index (χ0n) is 14.6. The molecule has 3 N–H and O–H groups in total. The average molecular weight is 451 g/mol. The predicted octanol–water partition coefficient (Wildman–Crippen LogP) is 3.79. The van der Waals surface area contributed by atoms with Crippen molar-refractivity contribution >= 4 is 41.4 Å². The van der Waals surface area contributed by atoms with E-state index in [1.54, 1.807) is 0 Å². The molecule has 1 aromatic carbocycles. The molecule has 1 aliphatic heterocycles. The fraction of sp³-hybridized carbons (Fsp3) is 0.368. The minimum Gasteiger partial charge on any atom is -0.370 e. The molecule has 0 atom stereocenters.